The lowest BCUT2D eigenvalue weighted by Gasteiger charge is -1.95. The van der Waals surface area contributed by atoms with Crippen LogP contribution in [0.25, 0.3) is 0 Å². The minimum atomic E-state index is -1.06. The lowest BCUT2D eigenvalue weighted by molar-refractivity contribution is -0.135. The highest BCUT2D eigenvalue weighted by Gasteiger charge is 2.00. The zero-order valence-electron chi connectivity index (χ0n) is 7.66. The number of hydrogen-bond acceptors (Lipinski definition) is 2. The van der Waals surface area contributed by atoms with Gasteiger partial charge in [0.05, 0.1) is 0 Å². The molecule has 1 aromatic rings. The molecule has 0 aliphatic rings. The van der Waals surface area contributed by atoms with E-state index >= 15 is 0 Å². The van der Waals surface area contributed by atoms with Crippen LogP contribution < -0.4 is 0 Å². The number of carboxylic acids is 1. The fraction of sp³-hybridized carbons (Fsp3) is 0.0909. The summed E-state index contributed by atoms with van der Waals surface area (Å²) in [6, 6.07) is 3.54. The number of aliphatic carboxylic acids is 1. The zero-order chi connectivity index (χ0) is 11.3. The lowest BCUT2D eigenvalue weighted by Crippen LogP contribution is -1.92. The standard InChI is InChI=1S/C11H7FO3/c12-10-5-4-9(7-13)8(6-10)2-1-3-11(14)15/h4-7H,3H2,(H,14,15). The number of carbonyl (C=O) groups excluding carboxylic acids is 1. The van der Waals surface area contributed by atoms with E-state index in [1.54, 1.807) is 0 Å². The van der Waals surface area contributed by atoms with Gasteiger partial charge in [0.25, 0.3) is 0 Å². The topological polar surface area (TPSA) is 54.4 Å². The SMILES string of the molecule is O=Cc1ccc(F)cc1C#CCC(=O)O. The van der Waals surface area contributed by atoms with E-state index in [1.165, 1.54) is 6.07 Å². The third-order valence-electron chi connectivity index (χ3n) is 1.60. The van der Waals surface area contributed by atoms with Gasteiger partial charge in [0, 0.05) is 11.1 Å². The van der Waals surface area contributed by atoms with Crippen LogP contribution in [0.15, 0.2) is 18.2 Å². The molecule has 0 saturated heterocycles. The molecule has 0 aliphatic heterocycles. The Morgan fingerprint density at radius 2 is 2.27 bits per heavy atom. The molecular formula is C11H7FO3. The quantitative estimate of drug-likeness (QED) is 0.588. The summed E-state index contributed by atoms with van der Waals surface area (Å²) in [6.07, 6.45) is 0.207. The minimum Gasteiger partial charge on any atom is -0.481 e. The van der Waals surface area contributed by atoms with Crippen molar-refractivity contribution >= 4 is 12.3 Å². The highest BCUT2D eigenvalue weighted by atomic mass is 19.1. The Kier molecular flexibility index (Phi) is 3.58. The maximum atomic E-state index is 12.8. The third-order valence-corrected chi connectivity index (χ3v) is 1.60. The molecule has 0 unspecified atom stereocenters. The molecule has 15 heavy (non-hydrogen) atoms. The van der Waals surface area contributed by atoms with Crippen molar-refractivity contribution in [3.63, 3.8) is 0 Å². The van der Waals surface area contributed by atoms with Gasteiger partial charge < -0.3 is 5.11 Å². The number of aldehydes is 1. The molecule has 0 fully saturated rings. The van der Waals surface area contributed by atoms with Crippen LogP contribution in [0, 0.1) is 17.7 Å². The normalized spacial score (nSPS) is 8.87. The average Bonchev–Trinajstić information content (AvgIpc) is 2.17. The van der Waals surface area contributed by atoms with Gasteiger partial charge in [0.2, 0.25) is 0 Å². The summed E-state index contributed by atoms with van der Waals surface area (Å²) in [5, 5.41) is 8.33. The van der Waals surface area contributed by atoms with Crippen LogP contribution in [-0.4, -0.2) is 17.4 Å². The zero-order valence-corrected chi connectivity index (χ0v) is 7.66. The Balaban J connectivity index is 2.99. The first-order chi connectivity index (χ1) is 7.13. The monoisotopic (exact) mass is 206 g/mol. The average molecular weight is 206 g/mol. The van der Waals surface area contributed by atoms with E-state index in [0.29, 0.717) is 6.29 Å². The van der Waals surface area contributed by atoms with Crippen molar-refractivity contribution in [2.45, 2.75) is 6.42 Å². The molecule has 1 N–H and O–H groups in total. The van der Waals surface area contributed by atoms with Gasteiger partial charge in [-0.25, -0.2) is 4.39 Å². The van der Waals surface area contributed by atoms with Crippen LogP contribution in [0.4, 0.5) is 4.39 Å². The molecule has 0 amide bonds. The predicted octanol–water partition coefficient (Wildman–Crippen LogP) is 1.46. The van der Waals surface area contributed by atoms with Gasteiger partial charge in [-0.3, -0.25) is 9.59 Å². The van der Waals surface area contributed by atoms with E-state index in [-0.39, 0.29) is 17.5 Å². The molecule has 0 aromatic heterocycles. The highest BCUT2D eigenvalue weighted by Crippen LogP contribution is 2.07. The largest absolute Gasteiger partial charge is 0.481 e. The number of rotatable bonds is 2. The molecular weight excluding hydrogens is 199 g/mol. The van der Waals surface area contributed by atoms with Crippen molar-refractivity contribution in [3.05, 3.63) is 35.1 Å². The van der Waals surface area contributed by atoms with Gasteiger partial charge in [0.1, 0.15) is 12.2 Å². The molecule has 1 rings (SSSR count). The Morgan fingerprint density at radius 1 is 1.53 bits per heavy atom. The van der Waals surface area contributed by atoms with Crippen molar-refractivity contribution in [2.24, 2.45) is 0 Å². The molecule has 0 aliphatic carbocycles. The molecule has 1 aromatic carbocycles. The van der Waals surface area contributed by atoms with Crippen LogP contribution in [0.3, 0.4) is 0 Å². The van der Waals surface area contributed by atoms with Crippen molar-refractivity contribution < 1.29 is 19.1 Å². The smallest absolute Gasteiger partial charge is 0.315 e. The van der Waals surface area contributed by atoms with Crippen LogP contribution in [0.5, 0.6) is 0 Å². The Bertz CT molecular complexity index is 455. The van der Waals surface area contributed by atoms with Crippen molar-refractivity contribution in [3.8, 4) is 11.8 Å². The Hall–Kier alpha value is -2.15. The predicted molar refractivity (Wildman–Crippen MR) is 50.9 cm³/mol. The number of benzene rings is 1. The van der Waals surface area contributed by atoms with Crippen LogP contribution >= 0.6 is 0 Å². The van der Waals surface area contributed by atoms with E-state index in [0.717, 1.165) is 12.1 Å². The molecule has 0 heterocycles. The van der Waals surface area contributed by atoms with Crippen LogP contribution in [0.1, 0.15) is 22.3 Å². The maximum Gasteiger partial charge on any atom is 0.315 e. The molecule has 3 nitrogen and oxygen atoms in total. The van der Waals surface area contributed by atoms with E-state index in [9.17, 15) is 14.0 Å². The van der Waals surface area contributed by atoms with E-state index in [4.69, 9.17) is 5.11 Å². The van der Waals surface area contributed by atoms with Crippen molar-refractivity contribution in [1.82, 2.24) is 0 Å². The first kappa shape index (κ1) is 10.9. The minimum absolute atomic E-state index is 0.200. The fourth-order valence-corrected chi connectivity index (χ4v) is 0.955. The molecule has 0 spiro atoms. The molecule has 0 bridgehead atoms. The van der Waals surface area contributed by atoms with E-state index < -0.39 is 11.8 Å². The summed E-state index contributed by atoms with van der Waals surface area (Å²) < 4.78 is 12.8. The Labute approximate surface area is 85.5 Å². The molecule has 0 radical (unpaired) electrons. The summed E-state index contributed by atoms with van der Waals surface area (Å²) in [5.41, 5.74) is 0.445. The Morgan fingerprint density at radius 3 is 2.87 bits per heavy atom. The summed E-state index contributed by atoms with van der Waals surface area (Å²) in [7, 11) is 0. The van der Waals surface area contributed by atoms with Gasteiger partial charge in [0.15, 0.2) is 6.29 Å². The van der Waals surface area contributed by atoms with Gasteiger partial charge >= 0.3 is 5.97 Å². The molecule has 0 saturated carbocycles. The number of carbonyl (C=O) groups is 2. The van der Waals surface area contributed by atoms with E-state index in [2.05, 4.69) is 11.8 Å². The van der Waals surface area contributed by atoms with Gasteiger partial charge in [-0.2, -0.15) is 0 Å². The number of carboxylic acid groups (broad SMARTS) is 1. The lowest BCUT2D eigenvalue weighted by atomic mass is 10.1. The second kappa shape index (κ2) is 4.91. The summed E-state index contributed by atoms with van der Waals surface area (Å²) in [4.78, 5) is 20.7. The molecule has 0 atom stereocenters. The maximum absolute atomic E-state index is 12.8. The molecule has 4 heteroatoms. The fourth-order valence-electron chi connectivity index (χ4n) is 0.955. The van der Waals surface area contributed by atoms with Gasteiger partial charge in [-0.05, 0) is 18.2 Å². The van der Waals surface area contributed by atoms with Crippen molar-refractivity contribution in [1.29, 1.82) is 0 Å². The summed E-state index contributed by atoms with van der Waals surface area (Å²) >= 11 is 0. The van der Waals surface area contributed by atoms with Crippen LogP contribution in [-0.2, 0) is 4.79 Å². The van der Waals surface area contributed by atoms with Crippen molar-refractivity contribution in [2.75, 3.05) is 0 Å². The molecule has 76 valence electrons. The second-order valence-corrected chi connectivity index (χ2v) is 2.72. The van der Waals surface area contributed by atoms with Crippen LogP contribution in [0.2, 0.25) is 0 Å². The first-order valence-electron chi connectivity index (χ1n) is 4.09. The first-order valence-corrected chi connectivity index (χ1v) is 4.09. The third kappa shape index (κ3) is 3.24. The van der Waals surface area contributed by atoms with E-state index in [1.807, 2.05) is 0 Å². The van der Waals surface area contributed by atoms with Gasteiger partial charge in [-0.15, -0.1) is 0 Å². The number of halogens is 1. The summed E-state index contributed by atoms with van der Waals surface area (Å²) in [6.45, 7) is 0. The number of hydrogen-bond donors (Lipinski definition) is 1. The highest BCUT2D eigenvalue weighted by molar-refractivity contribution is 5.79. The second-order valence-electron chi connectivity index (χ2n) is 2.72. The van der Waals surface area contributed by atoms with Gasteiger partial charge in [-0.1, -0.05) is 11.8 Å². The summed E-state index contributed by atoms with van der Waals surface area (Å²) in [5.74, 6) is 3.19.